The summed E-state index contributed by atoms with van der Waals surface area (Å²) in [5.41, 5.74) is 12.3. The maximum atomic E-state index is 12.8. The average molecular weight is 365 g/mol. The number of nitrogens with two attached hydrogens (primary N) is 2. The van der Waals surface area contributed by atoms with Crippen LogP contribution in [0.25, 0.3) is 0 Å². The van der Waals surface area contributed by atoms with Crippen LogP contribution in [-0.4, -0.2) is 8.42 Å². The fraction of sp³-hybridized carbons (Fsp3) is 0. The first-order valence-electron chi connectivity index (χ1n) is 7.59. The van der Waals surface area contributed by atoms with Crippen molar-refractivity contribution >= 4 is 21.2 Å². The Morgan fingerprint density at radius 3 is 2.19 bits per heavy atom. The summed E-state index contributed by atoms with van der Waals surface area (Å²) in [5, 5.41) is 9.17. The number of para-hydroxylation sites is 1. The lowest BCUT2D eigenvalue weighted by molar-refractivity contribution is 0.482. The highest BCUT2D eigenvalue weighted by Crippen LogP contribution is 2.37. The van der Waals surface area contributed by atoms with E-state index in [9.17, 15) is 13.7 Å². The van der Waals surface area contributed by atoms with Crippen molar-refractivity contribution in [2.75, 3.05) is 11.5 Å². The Morgan fingerprint density at radius 1 is 0.846 bits per heavy atom. The highest BCUT2D eigenvalue weighted by atomic mass is 32.2. The Hall–Kier alpha value is -3.50. The summed E-state index contributed by atoms with van der Waals surface area (Å²) in [6.45, 7) is 0. The summed E-state index contributed by atoms with van der Waals surface area (Å²) in [4.78, 5) is 0.0902. The molecule has 0 radical (unpaired) electrons. The number of hydrogen-bond donors (Lipinski definition) is 2. The fourth-order valence-electron chi connectivity index (χ4n) is 2.36. The van der Waals surface area contributed by atoms with Gasteiger partial charge in [-0.2, -0.15) is 5.26 Å². The van der Waals surface area contributed by atoms with Crippen LogP contribution < -0.4 is 16.2 Å². The largest absolute Gasteiger partial charge is 0.454 e. The third-order valence-electron chi connectivity index (χ3n) is 3.74. The Bertz CT molecular complexity index is 1100. The molecule has 0 heterocycles. The van der Waals surface area contributed by atoms with E-state index >= 15 is 0 Å². The summed E-state index contributed by atoms with van der Waals surface area (Å²) < 4.78 is 31.3. The Morgan fingerprint density at radius 2 is 1.50 bits per heavy atom. The molecule has 26 heavy (non-hydrogen) atoms. The topological polar surface area (TPSA) is 119 Å². The molecule has 0 saturated carbocycles. The second-order valence-electron chi connectivity index (χ2n) is 5.45. The Balaban J connectivity index is 2.10. The van der Waals surface area contributed by atoms with Gasteiger partial charge < -0.3 is 16.2 Å². The van der Waals surface area contributed by atoms with Crippen molar-refractivity contribution in [2.45, 2.75) is 9.79 Å². The van der Waals surface area contributed by atoms with Gasteiger partial charge >= 0.3 is 0 Å². The van der Waals surface area contributed by atoms with Gasteiger partial charge in [-0.15, -0.1) is 0 Å². The average Bonchev–Trinajstić information content (AvgIpc) is 2.66. The van der Waals surface area contributed by atoms with Crippen LogP contribution in [0.1, 0.15) is 5.56 Å². The Labute approximate surface area is 151 Å². The summed E-state index contributed by atoms with van der Waals surface area (Å²) >= 11 is 0. The summed E-state index contributed by atoms with van der Waals surface area (Å²) in [5.74, 6) is 0.331. The third kappa shape index (κ3) is 3.18. The molecule has 0 saturated heterocycles. The molecule has 0 aromatic heterocycles. The SMILES string of the molecule is N#Cc1ccccc1Oc1cc(S(=O)(=O)c2ccccc2)cc(N)c1N. The van der Waals surface area contributed by atoms with E-state index in [0.717, 1.165) is 0 Å². The standard InChI is InChI=1S/C19H15N3O3S/c20-12-13-6-4-5-9-17(13)25-18-11-15(10-16(21)19(18)22)26(23,24)14-7-2-1-3-8-14/h1-11H,21-22H2. The lowest BCUT2D eigenvalue weighted by Gasteiger charge is -2.14. The predicted molar refractivity (Wildman–Crippen MR) is 98.4 cm³/mol. The number of anilines is 2. The smallest absolute Gasteiger partial charge is 0.206 e. The minimum atomic E-state index is -3.79. The number of nitriles is 1. The van der Waals surface area contributed by atoms with E-state index < -0.39 is 9.84 Å². The monoisotopic (exact) mass is 365 g/mol. The van der Waals surface area contributed by atoms with Crippen LogP contribution in [0.4, 0.5) is 11.4 Å². The van der Waals surface area contributed by atoms with Crippen molar-refractivity contribution < 1.29 is 13.2 Å². The fourth-order valence-corrected chi connectivity index (χ4v) is 3.70. The van der Waals surface area contributed by atoms with E-state index in [1.807, 2.05) is 6.07 Å². The van der Waals surface area contributed by atoms with E-state index in [-0.39, 0.29) is 32.7 Å². The first-order chi connectivity index (χ1) is 12.4. The van der Waals surface area contributed by atoms with Crippen molar-refractivity contribution in [2.24, 2.45) is 0 Å². The minimum absolute atomic E-state index is 0.0418. The highest BCUT2D eigenvalue weighted by Gasteiger charge is 2.21. The van der Waals surface area contributed by atoms with Gasteiger partial charge in [0, 0.05) is 6.07 Å². The number of sulfone groups is 1. The first-order valence-corrected chi connectivity index (χ1v) is 9.08. The molecular weight excluding hydrogens is 350 g/mol. The van der Waals surface area contributed by atoms with E-state index in [1.165, 1.54) is 24.3 Å². The van der Waals surface area contributed by atoms with E-state index in [4.69, 9.17) is 16.2 Å². The zero-order chi connectivity index (χ0) is 18.7. The number of ether oxygens (including phenoxy) is 1. The van der Waals surface area contributed by atoms with Gasteiger partial charge in [0.15, 0.2) is 5.75 Å². The highest BCUT2D eigenvalue weighted by molar-refractivity contribution is 7.91. The molecule has 3 aromatic rings. The van der Waals surface area contributed by atoms with Gasteiger partial charge in [0.05, 0.1) is 26.7 Å². The zero-order valence-electron chi connectivity index (χ0n) is 13.6. The van der Waals surface area contributed by atoms with Gasteiger partial charge in [0.2, 0.25) is 9.84 Å². The molecule has 7 heteroatoms. The van der Waals surface area contributed by atoms with Crippen molar-refractivity contribution in [3.8, 4) is 17.6 Å². The summed E-state index contributed by atoms with van der Waals surface area (Å²) in [7, 11) is -3.79. The van der Waals surface area contributed by atoms with E-state index in [0.29, 0.717) is 5.56 Å². The number of nitrogen functional groups attached to an aromatic ring is 2. The maximum Gasteiger partial charge on any atom is 0.206 e. The van der Waals surface area contributed by atoms with Crippen LogP contribution in [0.5, 0.6) is 11.5 Å². The van der Waals surface area contributed by atoms with E-state index in [1.54, 1.807) is 42.5 Å². The molecule has 0 fully saturated rings. The number of rotatable bonds is 4. The molecule has 0 atom stereocenters. The molecule has 3 rings (SSSR count). The second-order valence-corrected chi connectivity index (χ2v) is 7.40. The van der Waals surface area contributed by atoms with E-state index in [2.05, 4.69) is 0 Å². The number of nitrogens with zero attached hydrogens (tertiary/aromatic N) is 1. The number of hydrogen-bond acceptors (Lipinski definition) is 6. The van der Waals surface area contributed by atoms with Crippen molar-refractivity contribution in [1.29, 1.82) is 5.26 Å². The number of benzene rings is 3. The van der Waals surface area contributed by atoms with Crippen molar-refractivity contribution in [3.05, 3.63) is 72.3 Å². The van der Waals surface area contributed by atoms with Crippen LogP contribution >= 0.6 is 0 Å². The molecule has 130 valence electrons. The van der Waals surface area contributed by atoms with Gasteiger partial charge in [-0.3, -0.25) is 0 Å². The lowest BCUT2D eigenvalue weighted by atomic mass is 10.2. The van der Waals surface area contributed by atoms with Crippen molar-refractivity contribution in [1.82, 2.24) is 0 Å². The summed E-state index contributed by atoms with van der Waals surface area (Å²) in [6.07, 6.45) is 0. The van der Waals surface area contributed by atoms with Gasteiger partial charge in [-0.25, -0.2) is 8.42 Å². The molecule has 0 unspecified atom stereocenters. The van der Waals surface area contributed by atoms with Crippen LogP contribution in [0.15, 0.2) is 76.5 Å². The molecular formula is C19H15N3O3S. The van der Waals surface area contributed by atoms with Gasteiger partial charge in [-0.1, -0.05) is 30.3 Å². The second kappa shape index (κ2) is 6.78. The van der Waals surface area contributed by atoms with Gasteiger partial charge in [-0.05, 0) is 30.3 Å². The Kier molecular flexibility index (Phi) is 4.52. The van der Waals surface area contributed by atoms with Gasteiger partial charge in [0.1, 0.15) is 11.8 Å². The quantitative estimate of drug-likeness (QED) is 0.684. The molecule has 0 amide bonds. The lowest BCUT2D eigenvalue weighted by Crippen LogP contribution is -2.06. The van der Waals surface area contributed by atoms with Crippen LogP contribution in [0.2, 0.25) is 0 Å². The molecule has 0 spiro atoms. The molecule has 3 aromatic carbocycles. The molecule has 4 N–H and O–H groups in total. The third-order valence-corrected chi connectivity index (χ3v) is 5.49. The molecule has 0 aliphatic rings. The zero-order valence-corrected chi connectivity index (χ0v) is 14.4. The maximum absolute atomic E-state index is 12.8. The van der Waals surface area contributed by atoms with Crippen LogP contribution in [-0.2, 0) is 9.84 Å². The molecule has 0 bridgehead atoms. The van der Waals surface area contributed by atoms with Crippen molar-refractivity contribution in [3.63, 3.8) is 0 Å². The predicted octanol–water partition coefficient (Wildman–Crippen LogP) is 3.35. The first kappa shape index (κ1) is 17.3. The summed E-state index contributed by atoms with van der Waals surface area (Å²) in [6, 6.07) is 19.1. The molecule has 0 aliphatic heterocycles. The van der Waals surface area contributed by atoms with Crippen LogP contribution in [0, 0.1) is 11.3 Å². The minimum Gasteiger partial charge on any atom is -0.454 e. The molecule has 0 aliphatic carbocycles. The van der Waals surface area contributed by atoms with Crippen LogP contribution in [0.3, 0.4) is 0 Å². The normalized spacial score (nSPS) is 10.9. The van der Waals surface area contributed by atoms with Gasteiger partial charge in [0.25, 0.3) is 0 Å². The molecule has 6 nitrogen and oxygen atoms in total.